The highest BCUT2D eigenvalue weighted by atomic mass is 32.2. The Morgan fingerprint density at radius 3 is 2.29 bits per heavy atom. The van der Waals surface area contributed by atoms with Gasteiger partial charge in [0.1, 0.15) is 5.78 Å². The molecule has 0 aromatic heterocycles. The summed E-state index contributed by atoms with van der Waals surface area (Å²) in [7, 11) is 0. The zero-order chi connectivity index (χ0) is 12.8. The van der Waals surface area contributed by atoms with Crippen LogP contribution in [0, 0.1) is 10.1 Å². The van der Waals surface area contributed by atoms with E-state index in [0.29, 0.717) is 4.90 Å². The minimum absolute atomic E-state index is 0.00876. The van der Waals surface area contributed by atoms with Gasteiger partial charge >= 0.3 is 0 Å². The number of thioether (sulfide) groups is 1. The number of Topliss-reactive ketones (excluding diaryl/α,β-unsaturated/α-hetero) is 1. The quantitative estimate of drug-likeness (QED) is 0.458. The average molecular weight is 253 g/mol. The van der Waals surface area contributed by atoms with Crippen LogP contribution in [0.2, 0.25) is 0 Å². The van der Waals surface area contributed by atoms with Crippen molar-refractivity contribution in [2.24, 2.45) is 0 Å². The summed E-state index contributed by atoms with van der Waals surface area (Å²) < 4.78 is 0. The van der Waals surface area contributed by atoms with Crippen molar-refractivity contribution in [3.05, 3.63) is 34.4 Å². The molecule has 0 N–H and O–H groups in total. The predicted molar refractivity (Wildman–Crippen MR) is 63.9 cm³/mol. The fourth-order valence-corrected chi connectivity index (χ4v) is 1.84. The molecule has 0 bridgehead atoms. The van der Waals surface area contributed by atoms with Gasteiger partial charge in [0.05, 0.1) is 4.92 Å². The Labute approximate surface area is 102 Å². The summed E-state index contributed by atoms with van der Waals surface area (Å²) in [5, 5.41) is 10.3. The fraction of sp³-hybridized carbons (Fsp3) is 0.273. The van der Waals surface area contributed by atoms with E-state index in [1.54, 1.807) is 0 Å². The number of hydrogen-bond donors (Lipinski definition) is 0. The van der Waals surface area contributed by atoms with Crippen LogP contribution in [-0.2, 0) is 9.59 Å². The fourth-order valence-electron chi connectivity index (χ4n) is 1.10. The van der Waals surface area contributed by atoms with Crippen LogP contribution in [0.5, 0.6) is 0 Å². The van der Waals surface area contributed by atoms with Crippen LogP contribution in [0.4, 0.5) is 5.69 Å². The molecule has 0 atom stereocenters. The van der Waals surface area contributed by atoms with Crippen molar-refractivity contribution in [1.29, 1.82) is 0 Å². The lowest BCUT2D eigenvalue weighted by atomic mass is 10.2. The van der Waals surface area contributed by atoms with Crippen LogP contribution in [0.25, 0.3) is 0 Å². The van der Waals surface area contributed by atoms with E-state index in [1.807, 2.05) is 0 Å². The molecular formula is C11H11NO4S. The monoisotopic (exact) mass is 253 g/mol. The molecule has 90 valence electrons. The van der Waals surface area contributed by atoms with Crippen LogP contribution < -0.4 is 0 Å². The molecule has 0 amide bonds. The summed E-state index contributed by atoms with van der Waals surface area (Å²) in [5.74, 6) is -0.0253. The van der Waals surface area contributed by atoms with Gasteiger partial charge in [0.2, 0.25) is 0 Å². The van der Waals surface area contributed by atoms with E-state index in [4.69, 9.17) is 0 Å². The molecule has 17 heavy (non-hydrogen) atoms. The molecule has 0 radical (unpaired) electrons. The zero-order valence-electron chi connectivity index (χ0n) is 9.21. The van der Waals surface area contributed by atoms with E-state index in [2.05, 4.69) is 0 Å². The second-order valence-corrected chi connectivity index (χ2v) is 4.56. The number of rotatable bonds is 5. The minimum atomic E-state index is -0.494. The maximum atomic E-state index is 11.4. The molecule has 0 unspecified atom stereocenters. The SMILES string of the molecule is CC(=O)CCC(=O)Sc1ccc([N+](=O)[O-])cc1. The van der Waals surface area contributed by atoms with E-state index in [9.17, 15) is 19.7 Å². The molecule has 0 fully saturated rings. The molecule has 0 aliphatic heterocycles. The summed E-state index contributed by atoms with van der Waals surface area (Å²) in [6.45, 7) is 1.43. The standard InChI is InChI=1S/C11H11NO4S/c1-8(13)2-7-11(14)17-10-5-3-9(4-6-10)12(15)16/h3-6H,2,7H2,1H3. The van der Waals surface area contributed by atoms with Gasteiger partial charge in [-0.05, 0) is 19.1 Å². The first-order chi connectivity index (χ1) is 7.99. The lowest BCUT2D eigenvalue weighted by Crippen LogP contribution is -1.97. The van der Waals surface area contributed by atoms with Gasteiger partial charge in [-0.1, -0.05) is 11.8 Å². The van der Waals surface area contributed by atoms with Crippen LogP contribution in [0.15, 0.2) is 29.2 Å². The van der Waals surface area contributed by atoms with E-state index in [1.165, 1.54) is 31.2 Å². The van der Waals surface area contributed by atoms with Crippen LogP contribution in [0.3, 0.4) is 0 Å². The summed E-state index contributed by atoms with van der Waals surface area (Å²) >= 11 is 0.992. The Morgan fingerprint density at radius 2 is 1.82 bits per heavy atom. The number of ketones is 1. The third-order valence-electron chi connectivity index (χ3n) is 1.96. The normalized spacial score (nSPS) is 9.94. The number of nitrogens with zero attached hydrogens (tertiary/aromatic N) is 1. The Hall–Kier alpha value is -1.69. The Kier molecular flexibility index (Phi) is 4.84. The van der Waals surface area contributed by atoms with Gasteiger partial charge in [0, 0.05) is 29.9 Å². The largest absolute Gasteiger partial charge is 0.300 e. The second kappa shape index (κ2) is 6.15. The van der Waals surface area contributed by atoms with Crippen molar-refractivity contribution in [2.45, 2.75) is 24.7 Å². The topological polar surface area (TPSA) is 77.3 Å². The van der Waals surface area contributed by atoms with Gasteiger partial charge in [-0.15, -0.1) is 0 Å². The van der Waals surface area contributed by atoms with Gasteiger partial charge in [-0.3, -0.25) is 14.9 Å². The van der Waals surface area contributed by atoms with Gasteiger partial charge in [-0.25, -0.2) is 0 Å². The van der Waals surface area contributed by atoms with E-state index in [0.717, 1.165) is 11.8 Å². The smallest absolute Gasteiger partial charge is 0.269 e. The Morgan fingerprint density at radius 1 is 1.24 bits per heavy atom. The number of carbonyl (C=O) groups is 2. The molecule has 0 spiro atoms. The Balaban J connectivity index is 2.54. The highest BCUT2D eigenvalue weighted by Gasteiger charge is 2.08. The zero-order valence-corrected chi connectivity index (χ0v) is 10.0. The van der Waals surface area contributed by atoms with Crippen LogP contribution in [0.1, 0.15) is 19.8 Å². The number of carbonyl (C=O) groups excluding carboxylic acids is 2. The number of benzene rings is 1. The number of hydrogen-bond acceptors (Lipinski definition) is 5. The molecule has 6 heteroatoms. The summed E-state index contributed by atoms with van der Waals surface area (Å²) in [6, 6.07) is 5.74. The maximum absolute atomic E-state index is 11.4. The predicted octanol–water partition coefficient (Wildman–Crippen LogP) is 2.58. The third kappa shape index (κ3) is 4.78. The molecule has 1 aromatic rings. The first-order valence-electron chi connectivity index (χ1n) is 4.93. The second-order valence-electron chi connectivity index (χ2n) is 3.43. The molecule has 0 heterocycles. The summed E-state index contributed by atoms with van der Waals surface area (Å²) in [6.07, 6.45) is 0.426. The van der Waals surface area contributed by atoms with E-state index >= 15 is 0 Å². The molecular weight excluding hydrogens is 242 g/mol. The molecule has 1 rings (SSSR count). The highest BCUT2D eigenvalue weighted by molar-refractivity contribution is 8.13. The van der Waals surface area contributed by atoms with Crippen molar-refractivity contribution in [1.82, 2.24) is 0 Å². The van der Waals surface area contributed by atoms with Crippen molar-refractivity contribution < 1.29 is 14.5 Å². The van der Waals surface area contributed by atoms with Gasteiger partial charge < -0.3 is 4.79 Å². The van der Waals surface area contributed by atoms with E-state index < -0.39 is 4.92 Å². The molecule has 0 aliphatic rings. The minimum Gasteiger partial charge on any atom is -0.300 e. The van der Waals surface area contributed by atoms with Crippen LogP contribution >= 0.6 is 11.8 Å². The van der Waals surface area contributed by atoms with Crippen molar-refractivity contribution >= 4 is 28.3 Å². The number of nitro benzene ring substituents is 1. The Bertz CT molecular complexity index is 441. The van der Waals surface area contributed by atoms with Crippen molar-refractivity contribution in [3.8, 4) is 0 Å². The van der Waals surface area contributed by atoms with Crippen molar-refractivity contribution in [2.75, 3.05) is 0 Å². The lowest BCUT2D eigenvalue weighted by molar-refractivity contribution is -0.384. The highest BCUT2D eigenvalue weighted by Crippen LogP contribution is 2.23. The van der Waals surface area contributed by atoms with Gasteiger partial charge in [0.15, 0.2) is 5.12 Å². The molecule has 0 saturated heterocycles. The molecule has 0 saturated carbocycles. The summed E-state index contributed by atoms with van der Waals surface area (Å²) in [4.78, 5) is 32.7. The maximum Gasteiger partial charge on any atom is 0.269 e. The lowest BCUT2D eigenvalue weighted by Gasteiger charge is -1.99. The molecule has 1 aromatic carbocycles. The number of nitro groups is 1. The molecule has 0 aliphatic carbocycles. The first kappa shape index (κ1) is 13.4. The van der Waals surface area contributed by atoms with Crippen molar-refractivity contribution in [3.63, 3.8) is 0 Å². The van der Waals surface area contributed by atoms with E-state index in [-0.39, 0.29) is 29.4 Å². The third-order valence-corrected chi connectivity index (χ3v) is 2.90. The van der Waals surface area contributed by atoms with Crippen LogP contribution in [-0.4, -0.2) is 15.8 Å². The van der Waals surface area contributed by atoms with Gasteiger partial charge in [-0.2, -0.15) is 0 Å². The number of non-ortho nitro benzene ring substituents is 1. The van der Waals surface area contributed by atoms with Gasteiger partial charge in [0.25, 0.3) is 5.69 Å². The average Bonchev–Trinajstić information content (AvgIpc) is 2.27. The first-order valence-corrected chi connectivity index (χ1v) is 5.75. The molecule has 5 nitrogen and oxygen atoms in total. The summed E-state index contributed by atoms with van der Waals surface area (Å²) in [5.41, 5.74) is -0.00876.